The monoisotopic (exact) mass is 335 g/mol. The van der Waals surface area contributed by atoms with Gasteiger partial charge in [0.15, 0.2) is 5.82 Å². The van der Waals surface area contributed by atoms with E-state index >= 15 is 0 Å². The normalized spacial score (nSPS) is 11.5. The second kappa shape index (κ2) is 5.92. The summed E-state index contributed by atoms with van der Waals surface area (Å²) in [6.45, 7) is 1.26. The standard InChI is InChI=1S/C10H10ClN3O4S2/c1-6-4-8(14-18-6)13-9(15)5-12-20(16,17)10-3-2-7(11)19-10/h2-4,12H,5H2,1H3,(H,13,14,15). The zero-order valence-corrected chi connectivity index (χ0v) is 12.6. The average Bonchev–Trinajstić information content (AvgIpc) is 2.96. The minimum atomic E-state index is -3.74. The van der Waals surface area contributed by atoms with E-state index < -0.39 is 22.5 Å². The highest BCUT2D eigenvalue weighted by atomic mass is 35.5. The SMILES string of the molecule is Cc1cc(NC(=O)CNS(=O)(=O)c2ccc(Cl)s2)no1. The third-order valence-corrected chi connectivity index (χ3v) is 5.26. The molecule has 2 heterocycles. The number of carbonyl (C=O) groups is 1. The minimum Gasteiger partial charge on any atom is -0.360 e. The first kappa shape index (κ1) is 15.0. The topological polar surface area (TPSA) is 101 Å². The van der Waals surface area contributed by atoms with Crippen LogP contribution in [0.1, 0.15) is 5.76 Å². The van der Waals surface area contributed by atoms with Gasteiger partial charge in [0.1, 0.15) is 9.97 Å². The zero-order chi connectivity index (χ0) is 14.8. The number of aryl methyl sites for hydroxylation is 1. The maximum absolute atomic E-state index is 11.8. The summed E-state index contributed by atoms with van der Waals surface area (Å²) in [6, 6.07) is 4.36. The Morgan fingerprint density at radius 3 is 2.80 bits per heavy atom. The van der Waals surface area contributed by atoms with Crippen LogP contribution in [0.4, 0.5) is 5.82 Å². The summed E-state index contributed by atoms with van der Waals surface area (Å²) in [4.78, 5) is 11.6. The van der Waals surface area contributed by atoms with Gasteiger partial charge < -0.3 is 9.84 Å². The summed E-state index contributed by atoms with van der Waals surface area (Å²) < 4.78 is 31.0. The number of carbonyl (C=O) groups excluding carboxylic acids is 1. The Hall–Kier alpha value is -1.42. The van der Waals surface area contributed by atoms with Gasteiger partial charge in [-0.05, 0) is 19.1 Å². The van der Waals surface area contributed by atoms with E-state index in [1.54, 1.807) is 6.92 Å². The summed E-state index contributed by atoms with van der Waals surface area (Å²) in [7, 11) is -3.74. The van der Waals surface area contributed by atoms with Gasteiger partial charge in [-0.1, -0.05) is 16.8 Å². The molecule has 0 radical (unpaired) electrons. The van der Waals surface area contributed by atoms with Crippen LogP contribution < -0.4 is 10.0 Å². The van der Waals surface area contributed by atoms with Gasteiger partial charge in [-0.15, -0.1) is 11.3 Å². The van der Waals surface area contributed by atoms with Crippen LogP contribution in [0.5, 0.6) is 0 Å². The molecule has 0 bridgehead atoms. The minimum absolute atomic E-state index is 0.0487. The lowest BCUT2D eigenvalue weighted by molar-refractivity contribution is -0.115. The Morgan fingerprint density at radius 2 is 2.25 bits per heavy atom. The van der Waals surface area contributed by atoms with Gasteiger partial charge in [0.25, 0.3) is 10.0 Å². The smallest absolute Gasteiger partial charge is 0.250 e. The molecule has 108 valence electrons. The van der Waals surface area contributed by atoms with Crippen LogP contribution in [0, 0.1) is 6.92 Å². The molecule has 0 aliphatic carbocycles. The molecule has 0 saturated heterocycles. The molecule has 0 aromatic carbocycles. The van der Waals surface area contributed by atoms with Crippen molar-refractivity contribution in [3.63, 3.8) is 0 Å². The Morgan fingerprint density at radius 1 is 1.50 bits per heavy atom. The number of nitrogens with one attached hydrogen (secondary N) is 2. The summed E-state index contributed by atoms with van der Waals surface area (Å²) in [5.74, 6) is 0.213. The van der Waals surface area contributed by atoms with Crippen LogP contribution in [0.25, 0.3) is 0 Å². The molecule has 2 rings (SSSR count). The number of rotatable bonds is 5. The van der Waals surface area contributed by atoms with Crippen LogP contribution in [0.2, 0.25) is 4.34 Å². The van der Waals surface area contributed by atoms with Crippen molar-refractivity contribution in [3.8, 4) is 0 Å². The van der Waals surface area contributed by atoms with Gasteiger partial charge in [0.2, 0.25) is 5.91 Å². The van der Waals surface area contributed by atoms with Crippen molar-refractivity contribution in [2.24, 2.45) is 0 Å². The summed E-state index contributed by atoms with van der Waals surface area (Å²) in [5.41, 5.74) is 0. The van der Waals surface area contributed by atoms with Crippen molar-refractivity contribution < 1.29 is 17.7 Å². The molecule has 20 heavy (non-hydrogen) atoms. The van der Waals surface area contributed by atoms with Gasteiger partial charge in [-0.25, -0.2) is 13.1 Å². The van der Waals surface area contributed by atoms with Crippen molar-refractivity contribution in [3.05, 3.63) is 28.3 Å². The molecule has 0 fully saturated rings. The summed E-state index contributed by atoms with van der Waals surface area (Å²) in [5, 5.41) is 5.96. The van der Waals surface area contributed by atoms with E-state index in [1.807, 2.05) is 0 Å². The Labute approximate surface area is 124 Å². The van der Waals surface area contributed by atoms with E-state index in [4.69, 9.17) is 16.1 Å². The van der Waals surface area contributed by atoms with Crippen molar-refractivity contribution in [1.82, 2.24) is 9.88 Å². The Balaban J connectivity index is 1.93. The maximum Gasteiger partial charge on any atom is 0.250 e. The highest BCUT2D eigenvalue weighted by Crippen LogP contribution is 2.25. The molecule has 2 N–H and O–H groups in total. The molecule has 2 aromatic rings. The van der Waals surface area contributed by atoms with Gasteiger partial charge >= 0.3 is 0 Å². The molecule has 0 saturated carbocycles. The first-order valence-corrected chi connectivity index (χ1v) is 8.03. The average molecular weight is 336 g/mol. The third-order valence-electron chi connectivity index (χ3n) is 2.13. The highest BCUT2D eigenvalue weighted by molar-refractivity contribution is 7.91. The second-order valence-corrected chi connectivity index (χ2v) is 7.46. The lowest BCUT2D eigenvalue weighted by Gasteiger charge is -2.04. The van der Waals surface area contributed by atoms with Crippen molar-refractivity contribution >= 4 is 44.7 Å². The summed E-state index contributed by atoms with van der Waals surface area (Å²) in [6.07, 6.45) is 0. The van der Waals surface area contributed by atoms with Crippen LogP contribution in [-0.2, 0) is 14.8 Å². The predicted octanol–water partition coefficient (Wildman–Crippen LogP) is 1.61. The fourth-order valence-electron chi connectivity index (χ4n) is 1.29. The molecule has 0 aliphatic rings. The van der Waals surface area contributed by atoms with Crippen molar-refractivity contribution in [1.29, 1.82) is 0 Å². The van der Waals surface area contributed by atoms with E-state index in [0.717, 1.165) is 11.3 Å². The van der Waals surface area contributed by atoms with Gasteiger partial charge in [0.05, 0.1) is 10.9 Å². The lowest BCUT2D eigenvalue weighted by atomic mass is 10.5. The predicted molar refractivity (Wildman–Crippen MR) is 74.4 cm³/mol. The number of halogens is 1. The van der Waals surface area contributed by atoms with Crippen molar-refractivity contribution in [2.45, 2.75) is 11.1 Å². The van der Waals surface area contributed by atoms with E-state index in [0.29, 0.717) is 10.1 Å². The van der Waals surface area contributed by atoms with Crippen LogP contribution in [0.3, 0.4) is 0 Å². The molecular weight excluding hydrogens is 326 g/mol. The number of anilines is 1. The fraction of sp³-hybridized carbons (Fsp3) is 0.200. The van der Waals surface area contributed by atoms with E-state index in [1.165, 1.54) is 18.2 Å². The highest BCUT2D eigenvalue weighted by Gasteiger charge is 2.18. The molecule has 10 heteroatoms. The molecule has 7 nitrogen and oxygen atoms in total. The fourth-order valence-corrected chi connectivity index (χ4v) is 3.80. The van der Waals surface area contributed by atoms with Gasteiger partial charge in [-0.3, -0.25) is 4.79 Å². The lowest BCUT2D eigenvalue weighted by Crippen LogP contribution is -2.32. The molecule has 0 aliphatic heterocycles. The molecule has 2 aromatic heterocycles. The molecule has 1 amide bonds. The Bertz CT molecular complexity index is 722. The number of amides is 1. The number of sulfonamides is 1. The van der Waals surface area contributed by atoms with Gasteiger partial charge in [0, 0.05) is 6.07 Å². The first-order chi connectivity index (χ1) is 9.37. The van der Waals surface area contributed by atoms with E-state index in [-0.39, 0.29) is 10.0 Å². The zero-order valence-electron chi connectivity index (χ0n) is 10.2. The molecule has 0 unspecified atom stereocenters. The van der Waals surface area contributed by atoms with Crippen LogP contribution in [0.15, 0.2) is 26.9 Å². The molecule has 0 atom stereocenters. The number of hydrogen-bond acceptors (Lipinski definition) is 6. The van der Waals surface area contributed by atoms with E-state index in [2.05, 4.69) is 15.2 Å². The molecular formula is C10H10ClN3O4S2. The van der Waals surface area contributed by atoms with Crippen LogP contribution in [-0.4, -0.2) is 26.0 Å². The van der Waals surface area contributed by atoms with E-state index in [9.17, 15) is 13.2 Å². The van der Waals surface area contributed by atoms with Crippen LogP contribution >= 0.6 is 22.9 Å². The number of aromatic nitrogens is 1. The van der Waals surface area contributed by atoms with Crippen molar-refractivity contribution in [2.75, 3.05) is 11.9 Å². The Kier molecular flexibility index (Phi) is 4.43. The largest absolute Gasteiger partial charge is 0.360 e. The maximum atomic E-state index is 11.8. The second-order valence-electron chi connectivity index (χ2n) is 3.75. The third kappa shape index (κ3) is 3.79. The quantitative estimate of drug-likeness (QED) is 0.864. The first-order valence-electron chi connectivity index (χ1n) is 5.35. The number of hydrogen-bond donors (Lipinski definition) is 2. The van der Waals surface area contributed by atoms with Gasteiger partial charge in [-0.2, -0.15) is 0 Å². The molecule has 0 spiro atoms. The number of nitrogens with zero attached hydrogens (tertiary/aromatic N) is 1. The summed E-state index contributed by atoms with van der Waals surface area (Å²) >= 11 is 6.58. The number of thiophene rings is 1.